The van der Waals surface area contributed by atoms with E-state index in [2.05, 4.69) is 25.8 Å². The smallest absolute Gasteiger partial charge is 0.141 e. The van der Waals surface area contributed by atoms with E-state index in [1.54, 1.807) is 0 Å². The number of hydrogen-bond acceptors (Lipinski definition) is 2. The molecule has 0 aliphatic carbocycles. The van der Waals surface area contributed by atoms with Gasteiger partial charge in [0.2, 0.25) is 0 Å². The maximum absolute atomic E-state index is 13.0. The van der Waals surface area contributed by atoms with E-state index in [0.717, 1.165) is 17.8 Å². The van der Waals surface area contributed by atoms with Crippen LogP contribution in [-0.2, 0) is 5.88 Å². The number of nitrogens with zero attached hydrogens (tertiary/aromatic N) is 2. The van der Waals surface area contributed by atoms with Crippen molar-refractivity contribution >= 4 is 17.4 Å². The van der Waals surface area contributed by atoms with Crippen LogP contribution in [0.15, 0.2) is 12.3 Å². The monoisotopic (exact) mass is 244 g/mol. The number of alkyl halides is 1. The van der Waals surface area contributed by atoms with Crippen LogP contribution in [0.2, 0.25) is 0 Å². The second kappa shape index (κ2) is 5.00. The molecule has 2 nitrogen and oxygen atoms in total. The molecule has 0 aliphatic heterocycles. The van der Waals surface area contributed by atoms with Crippen molar-refractivity contribution in [2.75, 3.05) is 11.9 Å². The van der Waals surface area contributed by atoms with Crippen molar-refractivity contribution in [1.29, 1.82) is 0 Å². The largest absolute Gasteiger partial charge is 0.354 e. The molecule has 1 heterocycles. The van der Waals surface area contributed by atoms with E-state index in [1.807, 2.05) is 11.9 Å². The van der Waals surface area contributed by atoms with Crippen molar-refractivity contribution in [1.82, 2.24) is 4.98 Å². The number of anilines is 1. The van der Waals surface area contributed by atoms with E-state index in [9.17, 15) is 4.39 Å². The second-order valence-corrected chi connectivity index (χ2v) is 4.76. The molecule has 4 heteroatoms. The van der Waals surface area contributed by atoms with E-state index in [0.29, 0.717) is 0 Å². The first-order valence-corrected chi connectivity index (χ1v) is 5.90. The molecular formula is C12H18ClFN2. The molecule has 0 radical (unpaired) electrons. The van der Waals surface area contributed by atoms with E-state index in [1.165, 1.54) is 12.3 Å². The summed E-state index contributed by atoms with van der Waals surface area (Å²) >= 11 is 5.81. The lowest BCUT2D eigenvalue weighted by molar-refractivity contribution is 0.465. The lowest BCUT2D eigenvalue weighted by atomic mass is 9.99. The first-order chi connectivity index (χ1) is 7.42. The van der Waals surface area contributed by atoms with Gasteiger partial charge in [0.1, 0.15) is 11.6 Å². The molecule has 1 rings (SSSR count). The first kappa shape index (κ1) is 13.2. The molecule has 90 valence electrons. The summed E-state index contributed by atoms with van der Waals surface area (Å²) < 4.78 is 13.0. The molecule has 0 fully saturated rings. The van der Waals surface area contributed by atoms with Crippen LogP contribution in [0.1, 0.15) is 32.8 Å². The minimum Gasteiger partial charge on any atom is -0.354 e. The Kier molecular flexibility index (Phi) is 4.14. The standard InChI is InChI=1S/C12H18ClFN2/c1-5-12(2,3)16(4)11-9(7-13)6-10(14)8-15-11/h6,8H,5,7H2,1-4H3. The van der Waals surface area contributed by atoms with Crippen LogP contribution in [0, 0.1) is 5.82 Å². The average Bonchev–Trinajstić information content (AvgIpc) is 2.27. The summed E-state index contributed by atoms with van der Waals surface area (Å²) in [4.78, 5) is 6.18. The van der Waals surface area contributed by atoms with Crippen LogP contribution < -0.4 is 4.90 Å². The van der Waals surface area contributed by atoms with Crippen molar-refractivity contribution < 1.29 is 4.39 Å². The van der Waals surface area contributed by atoms with E-state index >= 15 is 0 Å². The molecule has 0 atom stereocenters. The summed E-state index contributed by atoms with van der Waals surface area (Å²) in [5.41, 5.74) is 0.705. The summed E-state index contributed by atoms with van der Waals surface area (Å²) in [6.45, 7) is 6.35. The van der Waals surface area contributed by atoms with E-state index in [-0.39, 0.29) is 17.2 Å². The van der Waals surface area contributed by atoms with Gasteiger partial charge in [-0.1, -0.05) is 6.92 Å². The van der Waals surface area contributed by atoms with Crippen LogP contribution in [0.25, 0.3) is 0 Å². The average molecular weight is 245 g/mol. The van der Waals surface area contributed by atoms with Crippen molar-refractivity contribution in [3.63, 3.8) is 0 Å². The summed E-state index contributed by atoms with van der Waals surface area (Å²) in [7, 11) is 1.96. The zero-order chi connectivity index (χ0) is 12.3. The van der Waals surface area contributed by atoms with Crippen LogP contribution in [0.3, 0.4) is 0 Å². The molecule has 1 aromatic heterocycles. The molecule has 0 amide bonds. The molecule has 0 saturated carbocycles. The highest BCUT2D eigenvalue weighted by atomic mass is 35.5. The molecule has 0 spiro atoms. The topological polar surface area (TPSA) is 16.1 Å². The van der Waals surface area contributed by atoms with Gasteiger partial charge in [0.05, 0.1) is 12.1 Å². The van der Waals surface area contributed by atoms with E-state index in [4.69, 9.17) is 11.6 Å². The van der Waals surface area contributed by atoms with Gasteiger partial charge in [0.15, 0.2) is 0 Å². The number of rotatable bonds is 4. The first-order valence-electron chi connectivity index (χ1n) is 5.36. The molecule has 16 heavy (non-hydrogen) atoms. The summed E-state index contributed by atoms with van der Waals surface area (Å²) in [5, 5.41) is 0. The Hall–Kier alpha value is -0.830. The zero-order valence-electron chi connectivity index (χ0n) is 10.2. The summed E-state index contributed by atoms with van der Waals surface area (Å²) in [5.74, 6) is 0.676. The second-order valence-electron chi connectivity index (χ2n) is 4.49. The van der Waals surface area contributed by atoms with Crippen LogP contribution in [-0.4, -0.2) is 17.6 Å². The third-order valence-electron chi connectivity index (χ3n) is 3.14. The lowest BCUT2D eigenvalue weighted by Gasteiger charge is -2.36. The van der Waals surface area contributed by atoms with Gasteiger partial charge in [0.25, 0.3) is 0 Å². The fourth-order valence-electron chi connectivity index (χ4n) is 1.40. The van der Waals surface area contributed by atoms with Gasteiger partial charge >= 0.3 is 0 Å². The van der Waals surface area contributed by atoms with Gasteiger partial charge in [-0.15, -0.1) is 11.6 Å². The minimum atomic E-state index is -0.345. The maximum atomic E-state index is 13.0. The predicted molar refractivity (Wildman–Crippen MR) is 66.5 cm³/mol. The van der Waals surface area contributed by atoms with Crippen LogP contribution in [0.5, 0.6) is 0 Å². The highest BCUT2D eigenvalue weighted by Crippen LogP contribution is 2.27. The molecule has 1 aromatic rings. The highest BCUT2D eigenvalue weighted by molar-refractivity contribution is 6.17. The zero-order valence-corrected chi connectivity index (χ0v) is 11.0. The predicted octanol–water partition coefficient (Wildman–Crippen LogP) is 3.58. The number of halogens is 2. The van der Waals surface area contributed by atoms with Crippen LogP contribution in [0.4, 0.5) is 10.2 Å². The molecule has 0 N–H and O–H groups in total. The maximum Gasteiger partial charge on any atom is 0.141 e. The van der Waals surface area contributed by atoms with Crippen molar-refractivity contribution in [2.45, 2.75) is 38.6 Å². The van der Waals surface area contributed by atoms with Crippen LogP contribution >= 0.6 is 11.6 Å². The summed E-state index contributed by atoms with van der Waals surface area (Å²) in [6.07, 6.45) is 2.21. The Labute approximate surface area is 101 Å². The van der Waals surface area contributed by atoms with Crippen molar-refractivity contribution in [2.24, 2.45) is 0 Å². The van der Waals surface area contributed by atoms with E-state index < -0.39 is 0 Å². The van der Waals surface area contributed by atoms with Gasteiger partial charge in [0, 0.05) is 18.2 Å². The fraction of sp³-hybridized carbons (Fsp3) is 0.583. The Bertz CT molecular complexity index is 366. The normalized spacial score (nSPS) is 11.6. The Balaban J connectivity index is 3.13. The van der Waals surface area contributed by atoms with Crippen molar-refractivity contribution in [3.05, 3.63) is 23.6 Å². The van der Waals surface area contributed by atoms with Crippen molar-refractivity contribution in [3.8, 4) is 0 Å². The highest BCUT2D eigenvalue weighted by Gasteiger charge is 2.24. The number of hydrogen-bond donors (Lipinski definition) is 0. The number of pyridine rings is 1. The SMILES string of the molecule is CCC(C)(C)N(C)c1ncc(F)cc1CCl. The molecule has 0 aliphatic rings. The molecule has 0 saturated heterocycles. The molecular weight excluding hydrogens is 227 g/mol. The van der Waals surface area contributed by atoms with Gasteiger partial charge in [-0.3, -0.25) is 0 Å². The Morgan fingerprint density at radius 1 is 1.50 bits per heavy atom. The minimum absolute atomic E-state index is 0.0222. The Morgan fingerprint density at radius 3 is 2.62 bits per heavy atom. The van der Waals surface area contributed by atoms with Gasteiger partial charge in [-0.25, -0.2) is 9.37 Å². The lowest BCUT2D eigenvalue weighted by Crippen LogP contribution is -2.41. The van der Waals surface area contributed by atoms with Gasteiger partial charge < -0.3 is 4.90 Å². The quantitative estimate of drug-likeness (QED) is 0.753. The summed E-state index contributed by atoms with van der Waals surface area (Å²) in [6, 6.07) is 1.44. The third kappa shape index (κ3) is 2.64. The number of aromatic nitrogens is 1. The molecule has 0 aromatic carbocycles. The fourth-order valence-corrected chi connectivity index (χ4v) is 1.59. The molecule has 0 unspecified atom stereocenters. The Morgan fingerprint density at radius 2 is 2.12 bits per heavy atom. The van der Waals surface area contributed by atoms with Gasteiger partial charge in [-0.05, 0) is 26.3 Å². The molecule has 0 bridgehead atoms. The third-order valence-corrected chi connectivity index (χ3v) is 3.43. The van der Waals surface area contributed by atoms with Gasteiger partial charge in [-0.2, -0.15) is 0 Å².